The van der Waals surface area contributed by atoms with Crippen LogP contribution in [0.5, 0.6) is 0 Å². The van der Waals surface area contributed by atoms with E-state index in [1.165, 1.54) is 38.2 Å². The molecule has 146 valence electrons. The van der Waals surface area contributed by atoms with E-state index in [9.17, 15) is 14.9 Å². The molecule has 0 aliphatic rings. The molecule has 2 rings (SSSR count). The first-order valence-corrected chi connectivity index (χ1v) is 9.36. The average Bonchev–Trinajstić information content (AvgIpc) is 2.67. The molecule has 27 heavy (non-hydrogen) atoms. The number of amides is 1. The van der Waals surface area contributed by atoms with E-state index in [1.807, 2.05) is 30.3 Å². The minimum atomic E-state index is -0.807. The van der Waals surface area contributed by atoms with Crippen LogP contribution >= 0.6 is 0 Å². The molecule has 0 heterocycles. The van der Waals surface area contributed by atoms with Crippen molar-refractivity contribution in [3.05, 3.63) is 69.8 Å². The van der Waals surface area contributed by atoms with Gasteiger partial charge in [-0.15, -0.1) is 0 Å². The Balaban J connectivity index is 0.000000445. The number of hydrogen-bond donors (Lipinski definition) is 2. The fraction of sp³-hybridized carbons (Fsp3) is 0.381. The number of hydrogen-bond acceptors (Lipinski definition) is 4. The van der Waals surface area contributed by atoms with Crippen molar-refractivity contribution in [2.45, 2.75) is 52.5 Å². The van der Waals surface area contributed by atoms with E-state index in [0.717, 1.165) is 5.69 Å². The summed E-state index contributed by atoms with van der Waals surface area (Å²) in [5.41, 5.74) is 6.09. The van der Waals surface area contributed by atoms with Crippen LogP contribution in [0.3, 0.4) is 0 Å². The molecule has 6 nitrogen and oxygen atoms in total. The Morgan fingerprint density at radius 1 is 1.00 bits per heavy atom. The number of carbonyl (C=O) groups is 1. The number of para-hydroxylation sites is 2. The van der Waals surface area contributed by atoms with Crippen LogP contribution in [0.15, 0.2) is 48.5 Å². The zero-order chi connectivity index (χ0) is 20.1. The van der Waals surface area contributed by atoms with Crippen LogP contribution in [0.4, 0.5) is 11.4 Å². The topological polar surface area (TPSA) is 98.3 Å². The molecule has 0 aliphatic heterocycles. The third-order valence-corrected chi connectivity index (χ3v) is 4.03. The van der Waals surface area contributed by atoms with Gasteiger partial charge in [-0.3, -0.25) is 14.9 Å². The molecule has 3 N–H and O–H groups in total. The Morgan fingerprint density at radius 3 is 2.15 bits per heavy atom. The molecule has 0 spiro atoms. The monoisotopic (exact) mass is 371 g/mol. The van der Waals surface area contributed by atoms with Crippen LogP contribution in [-0.4, -0.2) is 10.8 Å². The van der Waals surface area contributed by atoms with Gasteiger partial charge in [-0.25, -0.2) is 0 Å². The highest BCUT2D eigenvalue weighted by Crippen LogP contribution is 2.24. The number of anilines is 1. The highest BCUT2D eigenvalue weighted by Gasteiger charge is 2.22. The van der Waals surface area contributed by atoms with E-state index in [1.54, 1.807) is 12.1 Å². The Bertz CT molecular complexity index is 714. The second-order valence-electron chi connectivity index (χ2n) is 6.21. The van der Waals surface area contributed by atoms with E-state index in [2.05, 4.69) is 19.2 Å². The molecule has 2 aromatic carbocycles. The van der Waals surface area contributed by atoms with Crippen LogP contribution in [0.25, 0.3) is 0 Å². The van der Waals surface area contributed by atoms with Crippen molar-refractivity contribution in [1.29, 1.82) is 0 Å². The molecular weight excluding hydrogens is 342 g/mol. The van der Waals surface area contributed by atoms with Crippen molar-refractivity contribution < 1.29 is 9.72 Å². The number of unbranched alkanes of at least 4 members (excludes halogenated alkanes) is 4. The Morgan fingerprint density at radius 2 is 1.63 bits per heavy atom. The molecule has 0 saturated carbocycles. The number of nitrogens with two attached hydrogens (primary N) is 1. The molecule has 0 fully saturated rings. The van der Waals surface area contributed by atoms with Gasteiger partial charge in [0.1, 0.15) is 5.56 Å². The molecule has 2 aromatic rings. The molecule has 0 aliphatic carbocycles. The number of carbonyl (C=O) groups excluding carboxylic acids is 1. The Hall–Kier alpha value is -2.89. The van der Waals surface area contributed by atoms with Crippen LogP contribution in [0, 0.1) is 10.1 Å². The minimum absolute atomic E-state index is 0.0811. The Kier molecular flexibility index (Phi) is 10.2. The molecule has 0 atom stereocenters. The third kappa shape index (κ3) is 7.90. The lowest BCUT2D eigenvalue weighted by atomic mass is 10.1. The third-order valence-electron chi connectivity index (χ3n) is 4.03. The fourth-order valence-electron chi connectivity index (χ4n) is 2.58. The van der Waals surface area contributed by atoms with Crippen LogP contribution in [0.1, 0.15) is 61.9 Å². The summed E-state index contributed by atoms with van der Waals surface area (Å²) in [6.45, 7) is 4.73. The lowest BCUT2D eigenvalue weighted by Crippen LogP contribution is -2.15. The average molecular weight is 371 g/mol. The largest absolute Gasteiger partial charge is 0.381 e. The van der Waals surface area contributed by atoms with Gasteiger partial charge in [-0.1, -0.05) is 76.3 Å². The number of rotatable bonds is 9. The van der Waals surface area contributed by atoms with E-state index >= 15 is 0 Å². The van der Waals surface area contributed by atoms with E-state index in [-0.39, 0.29) is 17.8 Å². The van der Waals surface area contributed by atoms with E-state index in [4.69, 9.17) is 5.73 Å². The quantitative estimate of drug-likeness (QED) is 0.356. The molecule has 0 bridgehead atoms. The van der Waals surface area contributed by atoms with Crippen LogP contribution < -0.4 is 11.1 Å². The highest BCUT2D eigenvalue weighted by molar-refractivity contribution is 5.97. The lowest BCUT2D eigenvalue weighted by Gasteiger charge is -2.08. The second-order valence-corrected chi connectivity index (χ2v) is 6.21. The van der Waals surface area contributed by atoms with Gasteiger partial charge in [0, 0.05) is 17.8 Å². The van der Waals surface area contributed by atoms with Gasteiger partial charge >= 0.3 is 0 Å². The molecule has 0 radical (unpaired) electrons. The fourth-order valence-corrected chi connectivity index (χ4v) is 2.58. The smallest absolute Gasteiger partial charge is 0.287 e. The molecule has 0 unspecified atom stereocenters. The van der Waals surface area contributed by atoms with Crippen molar-refractivity contribution in [3.8, 4) is 0 Å². The summed E-state index contributed by atoms with van der Waals surface area (Å²) in [5.74, 6) is -0.807. The zero-order valence-electron chi connectivity index (χ0n) is 16.1. The zero-order valence-corrected chi connectivity index (χ0v) is 16.1. The predicted octanol–water partition coefficient (Wildman–Crippen LogP) is 5.28. The van der Waals surface area contributed by atoms with Crippen molar-refractivity contribution in [1.82, 2.24) is 0 Å². The number of nitro groups is 1. The summed E-state index contributed by atoms with van der Waals surface area (Å²) >= 11 is 0. The Labute approximate surface area is 160 Å². The molecule has 0 saturated heterocycles. The van der Waals surface area contributed by atoms with Gasteiger partial charge in [0.2, 0.25) is 0 Å². The van der Waals surface area contributed by atoms with Gasteiger partial charge in [0.25, 0.3) is 11.6 Å². The summed E-state index contributed by atoms with van der Waals surface area (Å²) in [4.78, 5) is 21.8. The van der Waals surface area contributed by atoms with E-state index < -0.39 is 10.8 Å². The maximum atomic E-state index is 11.3. The summed E-state index contributed by atoms with van der Waals surface area (Å²) in [5, 5.41) is 14.2. The maximum absolute atomic E-state index is 11.3. The molecule has 0 aromatic heterocycles. The van der Waals surface area contributed by atoms with Gasteiger partial charge in [-0.05, 0) is 18.2 Å². The summed E-state index contributed by atoms with van der Waals surface area (Å²) in [7, 11) is 0. The number of nitro benzene ring substituents is 1. The minimum Gasteiger partial charge on any atom is -0.381 e. The van der Waals surface area contributed by atoms with Crippen molar-refractivity contribution >= 4 is 17.3 Å². The van der Waals surface area contributed by atoms with Gasteiger partial charge < -0.3 is 11.1 Å². The number of benzene rings is 2. The predicted molar refractivity (Wildman–Crippen MR) is 110 cm³/mol. The SMILES string of the molecule is CCCCCCC.NC(=O)c1cccc(CNc2ccccc2)c1[N+](=O)[O-]. The summed E-state index contributed by atoms with van der Waals surface area (Å²) < 4.78 is 0. The molecular formula is C21H29N3O3. The van der Waals surface area contributed by atoms with Crippen molar-refractivity contribution in [3.63, 3.8) is 0 Å². The van der Waals surface area contributed by atoms with Crippen molar-refractivity contribution in [2.75, 3.05) is 5.32 Å². The summed E-state index contributed by atoms with van der Waals surface area (Å²) in [6, 6.07) is 13.8. The van der Waals surface area contributed by atoms with Crippen LogP contribution in [-0.2, 0) is 6.54 Å². The standard InChI is InChI=1S/C14H13N3O3.C7H16/c15-14(18)12-8-4-5-10(13(12)17(19)20)9-16-11-6-2-1-3-7-11;1-3-5-7-6-4-2/h1-8,16H,9H2,(H2,15,18);3-7H2,1-2H3. The first-order chi connectivity index (χ1) is 13.0. The van der Waals surface area contributed by atoms with Gasteiger partial charge in [0.15, 0.2) is 0 Å². The maximum Gasteiger partial charge on any atom is 0.287 e. The highest BCUT2D eigenvalue weighted by atomic mass is 16.6. The number of nitrogens with one attached hydrogen (secondary N) is 1. The summed E-state index contributed by atoms with van der Waals surface area (Å²) in [6.07, 6.45) is 7.01. The van der Waals surface area contributed by atoms with E-state index in [0.29, 0.717) is 5.56 Å². The lowest BCUT2D eigenvalue weighted by molar-refractivity contribution is -0.385. The molecule has 1 amide bonds. The van der Waals surface area contributed by atoms with Gasteiger partial charge in [-0.2, -0.15) is 0 Å². The number of nitrogens with zero attached hydrogens (tertiary/aromatic N) is 1. The molecule has 6 heteroatoms. The van der Waals surface area contributed by atoms with Crippen molar-refractivity contribution in [2.24, 2.45) is 5.73 Å². The van der Waals surface area contributed by atoms with Gasteiger partial charge in [0.05, 0.1) is 4.92 Å². The normalized spacial score (nSPS) is 9.85. The van der Waals surface area contributed by atoms with Crippen LogP contribution in [0.2, 0.25) is 0 Å². The number of primary amides is 1. The second kappa shape index (κ2) is 12.5. The first-order valence-electron chi connectivity index (χ1n) is 9.36. The first kappa shape index (κ1) is 22.2.